The lowest BCUT2D eigenvalue weighted by molar-refractivity contribution is -0.144. The van der Waals surface area contributed by atoms with Gasteiger partial charge in [-0.15, -0.1) is 0 Å². The Morgan fingerprint density at radius 1 is 1.21 bits per heavy atom. The summed E-state index contributed by atoms with van der Waals surface area (Å²) in [5.74, 6) is -1.37. The van der Waals surface area contributed by atoms with E-state index in [-0.39, 0.29) is 23.1 Å². The maximum Gasteiger partial charge on any atom is 0.337 e. The van der Waals surface area contributed by atoms with Crippen LogP contribution in [-0.4, -0.2) is 17.9 Å². The standard InChI is InChI=1S/C24H28FNO3/c1-14-20(23(28)29-17-9-4-5-10-17)21(15-7-6-8-16(25)11-15)22-18(26-14)12-24(2,3)13-19(22)27/h6-8,11,17,21,26H,4-5,9-10,12-13H2,1-3H3/t21-/m0/s1. The SMILES string of the molecule is CC1=C(C(=O)OC2CCCC2)[C@H](c2cccc(F)c2)C2=C(CC(C)(C)CC2=O)N1. The lowest BCUT2D eigenvalue weighted by Crippen LogP contribution is -2.39. The largest absolute Gasteiger partial charge is 0.459 e. The molecule has 29 heavy (non-hydrogen) atoms. The van der Waals surface area contributed by atoms with Gasteiger partial charge in [-0.1, -0.05) is 26.0 Å². The van der Waals surface area contributed by atoms with Gasteiger partial charge in [-0.05, 0) is 62.1 Å². The van der Waals surface area contributed by atoms with E-state index in [1.54, 1.807) is 12.1 Å². The van der Waals surface area contributed by atoms with Crippen molar-refractivity contribution in [3.05, 3.63) is 58.2 Å². The van der Waals surface area contributed by atoms with Crippen LogP contribution in [0.1, 0.15) is 70.8 Å². The van der Waals surface area contributed by atoms with Crippen molar-refractivity contribution in [1.29, 1.82) is 0 Å². The highest BCUT2D eigenvalue weighted by Crippen LogP contribution is 2.47. The second-order valence-electron chi connectivity index (χ2n) is 9.30. The van der Waals surface area contributed by atoms with E-state index in [9.17, 15) is 14.0 Å². The van der Waals surface area contributed by atoms with Gasteiger partial charge in [0.15, 0.2) is 5.78 Å². The van der Waals surface area contributed by atoms with Crippen molar-refractivity contribution in [2.45, 2.75) is 71.3 Å². The molecule has 1 aromatic carbocycles. The van der Waals surface area contributed by atoms with Crippen LogP contribution < -0.4 is 5.32 Å². The molecule has 1 N–H and O–H groups in total. The third kappa shape index (κ3) is 3.87. The van der Waals surface area contributed by atoms with Crippen LogP contribution in [0, 0.1) is 11.2 Å². The predicted octanol–water partition coefficient (Wildman–Crippen LogP) is 4.92. The quantitative estimate of drug-likeness (QED) is 0.736. The summed E-state index contributed by atoms with van der Waals surface area (Å²) in [7, 11) is 0. The zero-order chi connectivity index (χ0) is 20.8. The minimum absolute atomic E-state index is 0.0108. The van der Waals surface area contributed by atoms with Crippen molar-refractivity contribution in [3.8, 4) is 0 Å². The first-order valence-electron chi connectivity index (χ1n) is 10.5. The number of ketones is 1. The average Bonchev–Trinajstić information content (AvgIpc) is 3.12. The van der Waals surface area contributed by atoms with E-state index in [1.807, 2.05) is 6.92 Å². The fourth-order valence-electron chi connectivity index (χ4n) is 4.95. The molecule has 1 saturated carbocycles. The first-order chi connectivity index (χ1) is 13.7. The number of carbonyl (C=O) groups excluding carboxylic acids is 2. The molecule has 1 aromatic rings. The number of Topliss-reactive ketones (excluding diaryl/α,β-unsaturated/α-hetero) is 1. The Kier molecular flexibility index (Phi) is 5.09. The molecule has 2 aliphatic carbocycles. The van der Waals surface area contributed by atoms with Crippen LogP contribution >= 0.6 is 0 Å². The molecule has 1 aliphatic heterocycles. The van der Waals surface area contributed by atoms with Crippen molar-refractivity contribution in [2.24, 2.45) is 5.41 Å². The summed E-state index contributed by atoms with van der Waals surface area (Å²) in [5.41, 5.74) is 3.00. The number of dihydropyridines is 1. The van der Waals surface area contributed by atoms with Crippen molar-refractivity contribution in [1.82, 2.24) is 5.32 Å². The number of esters is 1. The van der Waals surface area contributed by atoms with Gasteiger partial charge in [0.2, 0.25) is 0 Å². The highest BCUT2D eigenvalue weighted by Gasteiger charge is 2.43. The van der Waals surface area contributed by atoms with E-state index < -0.39 is 11.9 Å². The number of allylic oxidation sites excluding steroid dienone is 3. The van der Waals surface area contributed by atoms with E-state index in [4.69, 9.17) is 4.74 Å². The van der Waals surface area contributed by atoms with Gasteiger partial charge in [-0.25, -0.2) is 9.18 Å². The summed E-state index contributed by atoms with van der Waals surface area (Å²) in [6, 6.07) is 6.20. The Balaban J connectivity index is 1.79. The summed E-state index contributed by atoms with van der Waals surface area (Å²) in [4.78, 5) is 26.4. The third-order valence-corrected chi connectivity index (χ3v) is 6.22. The van der Waals surface area contributed by atoms with Crippen molar-refractivity contribution in [3.63, 3.8) is 0 Å². The highest BCUT2D eigenvalue weighted by molar-refractivity contribution is 6.04. The molecule has 154 valence electrons. The molecule has 0 unspecified atom stereocenters. The second kappa shape index (κ2) is 7.43. The molecule has 0 spiro atoms. The Hall–Kier alpha value is -2.43. The van der Waals surface area contributed by atoms with E-state index in [2.05, 4.69) is 19.2 Å². The van der Waals surface area contributed by atoms with Crippen LogP contribution in [0.25, 0.3) is 0 Å². The normalized spacial score (nSPS) is 24.4. The molecule has 4 nitrogen and oxygen atoms in total. The van der Waals surface area contributed by atoms with Gasteiger partial charge >= 0.3 is 5.97 Å². The van der Waals surface area contributed by atoms with Crippen LogP contribution in [0.15, 0.2) is 46.8 Å². The molecule has 1 heterocycles. The Bertz CT molecular complexity index is 922. The Morgan fingerprint density at radius 2 is 1.93 bits per heavy atom. The zero-order valence-electron chi connectivity index (χ0n) is 17.3. The number of carbonyl (C=O) groups is 2. The molecule has 0 amide bonds. The smallest absolute Gasteiger partial charge is 0.337 e. The predicted molar refractivity (Wildman–Crippen MR) is 108 cm³/mol. The summed E-state index contributed by atoms with van der Waals surface area (Å²) >= 11 is 0. The third-order valence-electron chi connectivity index (χ3n) is 6.22. The maximum absolute atomic E-state index is 14.1. The summed E-state index contributed by atoms with van der Waals surface area (Å²) in [6.07, 6.45) is 4.90. The van der Waals surface area contributed by atoms with Crippen molar-refractivity contribution in [2.75, 3.05) is 0 Å². The topological polar surface area (TPSA) is 55.4 Å². The fraction of sp³-hybridized carbons (Fsp3) is 0.500. The van der Waals surface area contributed by atoms with Gasteiger partial charge in [0, 0.05) is 29.3 Å². The van der Waals surface area contributed by atoms with E-state index in [0.29, 0.717) is 35.2 Å². The van der Waals surface area contributed by atoms with Gasteiger partial charge in [-0.2, -0.15) is 0 Å². The van der Waals surface area contributed by atoms with Crippen LogP contribution in [0.4, 0.5) is 4.39 Å². The number of hydrogen-bond donors (Lipinski definition) is 1. The van der Waals surface area contributed by atoms with Crippen LogP contribution in [0.5, 0.6) is 0 Å². The lowest BCUT2D eigenvalue weighted by atomic mass is 9.68. The van der Waals surface area contributed by atoms with Crippen LogP contribution in [0.3, 0.4) is 0 Å². The number of hydrogen-bond acceptors (Lipinski definition) is 4. The van der Waals surface area contributed by atoms with E-state index in [0.717, 1.165) is 31.4 Å². The highest BCUT2D eigenvalue weighted by atomic mass is 19.1. The van der Waals surface area contributed by atoms with Crippen molar-refractivity contribution >= 4 is 11.8 Å². The molecule has 1 atom stereocenters. The zero-order valence-corrected chi connectivity index (χ0v) is 17.3. The first-order valence-corrected chi connectivity index (χ1v) is 10.5. The summed E-state index contributed by atoms with van der Waals surface area (Å²) in [5, 5.41) is 3.32. The monoisotopic (exact) mass is 397 g/mol. The number of nitrogens with one attached hydrogen (secondary N) is 1. The van der Waals surface area contributed by atoms with Gasteiger partial charge in [-0.3, -0.25) is 4.79 Å². The summed E-state index contributed by atoms with van der Waals surface area (Å²) < 4.78 is 19.9. The van der Waals surface area contributed by atoms with Crippen LogP contribution in [0.2, 0.25) is 0 Å². The Labute approximate surface area is 171 Å². The molecule has 4 rings (SSSR count). The van der Waals surface area contributed by atoms with Crippen LogP contribution in [-0.2, 0) is 14.3 Å². The molecule has 0 radical (unpaired) electrons. The molecule has 3 aliphatic rings. The molecule has 1 fully saturated rings. The molecule has 0 saturated heterocycles. The van der Waals surface area contributed by atoms with Gasteiger partial charge in [0.25, 0.3) is 0 Å². The Morgan fingerprint density at radius 3 is 2.62 bits per heavy atom. The average molecular weight is 397 g/mol. The minimum atomic E-state index is -0.598. The molecule has 0 aromatic heterocycles. The van der Waals surface area contributed by atoms with E-state index in [1.165, 1.54) is 12.1 Å². The number of ether oxygens (including phenoxy) is 1. The molecule has 0 bridgehead atoms. The molecular weight excluding hydrogens is 369 g/mol. The number of rotatable bonds is 3. The minimum Gasteiger partial charge on any atom is -0.459 e. The second-order valence-corrected chi connectivity index (χ2v) is 9.30. The van der Waals surface area contributed by atoms with Gasteiger partial charge < -0.3 is 10.1 Å². The van der Waals surface area contributed by atoms with Gasteiger partial charge in [0.1, 0.15) is 11.9 Å². The number of halogens is 1. The van der Waals surface area contributed by atoms with E-state index >= 15 is 0 Å². The maximum atomic E-state index is 14.1. The molecular formula is C24H28FNO3. The first kappa shape index (κ1) is 19.9. The van der Waals surface area contributed by atoms with Crippen molar-refractivity contribution < 1.29 is 18.7 Å². The molecule has 5 heteroatoms. The van der Waals surface area contributed by atoms with Gasteiger partial charge in [0.05, 0.1) is 5.57 Å². The lowest BCUT2D eigenvalue weighted by Gasteiger charge is -2.39. The number of benzene rings is 1. The fourth-order valence-corrected chi connectivity index (χ4v) is 4.95. The summed E-state index contributed by atoms with van der Waals surface area (Å²) in [6.45, 7) is 5.97.